The average Bonchev–Trinajstić information content (AvgIpc) is 2.67. The summed E-state index contributed by atoms with van der Waals surface area (Å²) in [5.41, 5.74) is 0.776. The Morgan fingerprint density at radius 1 is 1.17 bits per heavy atom. The van der Waals surface area contributed by atoms with Gasteiger partial charge < -0.3 is 10.2 Å². The van der Waals surface area contributed by atoms with Crippen LogP contribution in [0.4, 0.5) is 5.82 Å². The van der Waals surface area contributed by atoms with Gasteiger partial charge in [0.15, 0.2) is 0 Å². The van der Waals surface area contributed by atoms with Crippen LogP contribution in [0.5, 0.6) is 0 Å². The number of benzene rings is 1. The van der Waals surface area contributed by atoms with E-state index in [0.717, 1.165) is 48.9 Å². The van der Waals surface area contributed by atoms with E-state index in [-0.39, 0.29) is 5.91 Å². The van der Waals surface area contributed by atoms with Gasteiger partial charge in [0.05, 0.1) is 0 Å². The van der Waals surface area contributed by atoms with E-state index in [4.69, 9.17) is 0 Å². The minimum atomic E-state index is 0.139. The van der Waals surface area contributed by atoms with Gasteiger partial charge in [0.2, 0.25) is 0 Å². The number of carbonyl (C=O) groups excluding carboxylic acids is 1. The van der Waals surface area contributed by atoms with E-state index in [1.165, 1.54) is 0 Å². The van der Waals surface area contributed by atoms with Gasteiger partial charge in [-0.15, -0.1) is 22.0 Å². The second-order valence-corrected chi connectivity index (χ2v) is 6.77. The van der Waals surface area contributed by atoms with Gasteiger partial charge in [-0.05, 0) is 49.3 Å². The number of carbonyl (C=O) groups is 1. The summed E-state index contributed by atoms with van der Waals surface area (Å²) in [6.45, 7) is 2.51. The zero-order valence-electron chi connectivity index (χ0n) is 13.8. The van der Waals surface area contributed by atoms with Crippen molar-refractivity contribution in [3.63, 3.8) is 0 Å². The van der Waals surface area contributed by atoms with Gasteiger partial charge in [-0.2, -0.15) is 0 Å². The molecule has 1 amide bonds. The minimum absolute atomic E-state index is 0.139. The van der Waals surface area contributed by atoms with Gasteiger partial charge in [0.1, 0.15) is 10.8 Å². The molecule has 5 nitrogen and oxygen atoms in total. The zero-order valence-corrected chi connectivity index (χ0v) is 14.6. The first kappa shape index (κ1) is 16.8. The Balaban J connectivity index is 1.45. The minimum Gasteiger partial charge on any atom is -0.368 e. The number of hydrogen-bond acceptors (Lipinski definition) is 5. The van der Waals surface area contributed by atoms with Gasteiger partial charge in [-0.25, -0.2) is 0 Å². The molecular formula is C18H22N4OS. The maximum absolute atomic E-state index is 12.4. The van der Waals surface area contributed by atoms with Gasteiger partial charge in [0.25, 0.3) is 5.91 Å². The van der Waals surface area contributed by atoms with E-state index in [9.17, 15) is 4.79 Å². The van der Waals surface area contributed by atoms with Gasteiger partial charge in [-0.3, -0.25) is 4.79 Å². The second kappa shape index (κ2) is 8.15. The average molecular weight is 342 g/mol. The van der Waals surface area contributed by atoms with E-state index in [0.29, 0.717) is 5.92 Å². The molecule has 1 aromatic heterocycles. The van der Waals surface area contributed by atoms with Gasteiger partial charge in [-0.1, -0.05) is 18.2 Å². The summed E-state index contributed by atoms with van der Waals surface area (Å²) in [6, 6.07) is 13.5. The van der Waals surface area contributed by atoms with Crippen LogP contribution in [0.3, 0.4) is 0 Å². The number of likely N-dealkylation sites (tertiary alicyclic amines) is 1. The van der Waals surface area contributed by atoms with Crippen molar-refractivity contribution in [2.75, 3.05) is 31.2 Å². The Morgan fingerprint density at radius 3 is 2.54 bits per heavy atom. The third-order valence-electron chi connectivity index (χ3n) is 4.34. The first-order chi connectivity index (χ1) is 11.8. The maximum Gasteiger partial charge on any atom is 0.253 e. The lowest BCUT2D eigenvalue weighted by Gasteiger charge is -2.32. The topological polar surface area (TPSA) is 58.1 Å². The summed E-state index contributed by atoms with van der Waals surface area (Å²) in [4.78, 5) is 14.4. The molecule has 24 heavy (non-hydrogen) atoms. The largest absolute Gasteiger partial charge is 0.368 e. The van der Waals surface area contributed by atoms with Crippen LogP contribution < -0.4 is 5.32 Å². The highest BCUT2D eigenvalue weighted by Crippen LogP contribution is 2.20. The lowest BCUT2D eigenvalue weighted by molar-refractivity contribution is 0.0695. The van der Waals surface area contributed by atoms with Crippen molar-refractivity contribution < 1.29 is 4.79 Å². The summed E-state index contributed by atoms with van der Waals surface area (Å²) in [7, 11) is 0. The highest BCUT2D eigenvalue weighted by Gasteiger charge is 2.23. The number of anilines is 1. The van der Waals surface area contributed by atoms with Crippen molar-refractivity contribution in [1.29, 1.82) is 0 Å². The van der Waals surface area contributed by atoms with Crippen LogP contribution in [0.1, 0.15) is 23.2 Å². The molecule has 2 heterocycles. The summed E-state index contributed by atoms with van der Waals surface area (Å²) in [6.07, 6.45) is 4.02. The quantitative estimate of drug-likeness (QED) is 0.846. The van der Waals surface area contributed by atoms with Crippen molar-refractivity contribution in [2.24, 2.45) is 5.92 Å². The van der Waals surface area contributed by atoms with Crippen molar-refractivity contribution in [1.82, 2.24) is 15.1 Å². The van der Waals surface area contributed by atoms with E-state index < -0.39 is 0 Å². The number of amides is 1. The zero-order chi connectivity index (χ0) is 16.8. The lowest BCUT2D eigenvalue weighted by Crippen LogP contribution is -2.39. The van der Waals surface area contributed by atoms with Crippen LogP contribution in [-0.4, -0.2) is 46.9 Å². The van der Waals surface area contributed by atoms with E-state index in [1.54, 1.807) is 11.8 Å². The SMILES string of the molecule is CSc1ccc(NCC2CCN(C(=O)c3ccccc3)CC2)nn1. The predicted octanol–water partition coefficient (Wildman–Crippen LogP) is 3.16. The highest BCUT2D eigenvalue weighted by atomic mass is 32.2. The number of nitrogens with one attached hydrogen (secondary N) is 1. The first-order valence-electron chi connectivity index (χ1n) is 8.22. The van der Waals surface area contributed by atoms with Crippen LogP contribution in [0.15, 0.2) is 47.5 Å². The molecule has 2 aromatic rings. The third-order valence-corrected chi connectivity index (χ3v) is 4.98. The predicted molar refractivity (Wildman–Crippen MR) is 97.4 cm³/mol. The Bertz CT molecular complexity index is 654. The van der Waals surface area contributed by atoms with E-state index >= 15 is 0 Å². The van der Waals surface area contributed by atoms with Gasteiger partial charge >= 0.3 is 0 Å². The number of aromatic nitrogens is 2. The summed E-state index contributed by atoms with van der Waals surface area (Å²) < 4.78 is 0. The molecule has 0 aliphatic carbocycles. The molecule has 0 unspecified atom stereocenters. The molecule has 1 N–H and O–H groups in total. The smallest absolute Gasteiger partial charge is 0.253 e. The molecule has 3 rings (SSSR count). The molecule has 0 saturated carbocycles. The standard InChI is InChI=1S/C18H22N4OS/c1-24-17-8-7-16(20-21-17)19-13-14-9-11-22(12-10-14)18(23)15-5-3-2-4-6-15/h2-8,14H,9-13H2,1H3,(H,19,20). The molecule has 1 fully saturated rings. The first-order valence-corrected chi connectivity index (χ1v) is 9.44. The normalized spacial score (nSPS) is 15.3. The number of thioether (sulfide) groups is 1. The van der Waals surface area contributed by atoms with Gasteiger partial charge in [0, 0.05) is 25.2 Å². The Morgan fingerprint density at radius 2 is 1.92 bits per heavy atom. The number of hydrogen-bond donors (Lipinski definition) is 1. The summed E-state index contributed by atoms with van der Waals surface area (Å²) in [5.74, 6) is 1.52. The molecule has 1 aliphatic rings. The monoisotopic (exact) mass is 342 g/mol. The molecule has 0 spiro atoms. The van der Waals surface area contributed by atoms with Crippen LogP contribution in [-0.2, 0) is 0 Å². The van der Waals surface area contributed by atoms with Crippen molar-refractivity contribution in [3.05, 3.63) is 48.0 Å². The molecule has 6 heteroatoms. The summed E-state index contributed by atoms with van der Waals surface area (Å²) in [5, 5.41) is 12.6. The molecule has 0 bridgehead atoms. The fourth-order valence-corrected chi connectivity index (χ4v) is 3.20. The Kier molecular flexibility index (Phi) is 5.69. The Hall–Kier alpha value is -2.08. The molecule has 1 saturated heterocycles. The number of rotatable bonds is 5. The molecule has 0 atom stereocenters. The number of nitrogens with zero attached hydrogens (tertiary/aromatic N) is 3. The second-order valence-electron chi connectivity index (χ2n) is 5.94. The molecule has 0 radical (unpaired) electrons. The molecule has 1 aromatic carbocycles. The number of piperidine rings is 1. The molecule has 1 aliphatic heterocycles. The lowest BCUT2D eigenvalue weighted by atomic mass is 9.96. The third kappa shape index (κ3) is 4.26. The van der Waals surface area contributed by atoms with Crippen molar-refractivity contribution >= 4 is 23.5 Å². The fourth-order valence-electron chi connectivity index (χ4n) is 2.88. The van der Waals surface area contributed by atoms with Crippen molar-refractivity contribution in [3.8, 4) is 0 Å². The van der Waals surface area contributed by atoms with Crippen LogP contribution in [0.2, 0.25) is 0 Å². The fraction of sp³-hybridized carbons (Fsp3) is 0.389. The Labute approximate surface area is 146 Å². The van der Waals surface area contributed by atoms with Crippen LogP contribution >= 0.6 is 11.8 Å². The van der Waals surface area contributed by atoms with Crippen LogP contribution in [0, 0.1) is 5.92 Å². The van der Waals surface area contributed by atoms with E-state index in [1.807, 2.05) is 53.6 Å². The summed E-state index contributed by atoms with van der Waals surface area (Å²) >= 11 is 1.59. The maximum atomic E-state index is 12.4. The van der Waals surface area contributed by atoms with E-state index in [2.05, 4.69) is 15.5 Å². The molecular weight excluding hydrogens is 320 g/mol. The highest BCUT2D eigenvalue weighted by molar-refractivity contribution is 7.98. The van der Waals surface area contributed by atoms with Crippen molar-refractivity contribution in [2.45, 2.75) is 17.9 Å². The van der Waals surface area contributed by atoms with Crippen LogP contribution in [0.25, 0.3) is 0 Å². The molecule has 126 valence electrons.